The van der Waals surface area contributed by atoms with Crippen LogP contribution < -0.4 is 15.0 Å². The van der Waals surface area contributed by atoms with Crippen LogP contribution in [0.2, 0.25) is 0 Å². The third-order valence-electron chi connectivity index (χ3n) is 3.38. The molecule has 2 rings (SSSR count). The van der Waals surface area contributed by atoms with Gasteiger partial charge in [-0.05, 0) is 25.5 Å². The quantitative estimate of drug-likeness (QED) is 0.846. The van der Waals surface area contributed by atoms with E-state index < -0.39 is 6.04 Å². The second kappa shape index (κ2) is 6.04. The number of ether oxygens (including phenoxy) is 1. The number of methoxy groups -OCH3 is 1. The number of anilines is 1. The number of hydrogen-bond donors (Lipinski definition) is 2. The fraction of sp³-hybridized carbons (Fsp3) is 0.500. The summed E-state index contributed by atoms with van der Waals surface area (Å²) in [6.45, 7) is 2.46. The van der Waals surface area contributed by atoms with Gasteiger partial charge in [0, 0.05) is 24.3 Å². The van der Waals surface area contributed by atoms with Crippen LogP contribution in [0.15, 0.2) is 24.3 Å². The Hall–Kier alpha value is -1.59. The predicted molar refractivity (Wildman–Crippen MR) is 73.4 cm³/mol. The minimum absolute atomic E-state index is 0.0971. The van der Waals surface area contributed by atoms with E-state index in [2.05, 4.69) is 5.32 Å². The van der Waals surface area contributed by atoms with Crippen molar-refractivity contribution in [2.45, 2.75) is 25.4 Å². The molecule has 1 aromatic rings. The SMILES string of the molecule is COc1cccc(N2CCC(C)NC(CO)C2=O)c1. The Balaban J connectivity index is 2.27. The largest absolute Gasteiger partial charge is 0.497 e. The number of amides is 1. The van der Waals surface area contributed by atoms with Gasteiger partial charge in [0.2, 0.25) is 5.91 Å². The lowest BCUT2D eigenvalue weighted by molar-refractivity contribution is -0.121. The average Bonchev–Trinajstić information content (AvgIpc) is 2.58. The number of aliphatic hydroxyl groups excluding tert-OH is 1. The number of carbonyl (C=O) groups is 1. The van der Waals surface area contributed by atoms with Crippen molar-refractivity contribution in [1.29, 1.82) is 0 Å². The van der Waals surface area contributed by atoms with Gasteiger partial charge in [-0.3, -0.25) is 4.79 Å². The molecular weight excluding hydrogens is 244 g/mol. The number of carbonyl (C=O) groups excluding carboxylic acids is 1. The fourth-order valence-corrected chi connectivity index (χ4v) is 2.28. The lowest BCUT2D eigenvalue weighted by atomic mass is 10.2. The van der Waals surface area contributed by atoms with Crippen molar-refractivity contribution in [2.75, 3.05) is 25.2 Å². The summed E-state index contributed by atoms with van der Waals surface area (Å²) in [4.78, 5) is 14.1. The molecule has 1 aliphatic rings. The zero-order valence-electron chi connectivity index (χ0n) is 11.3. The molecule has 19 heavy (non-hydrogen) atoms. The van der Waals surface area contributed by atoms with E-state index in [1.165, 1.54) is 0 Å². The highest BCUT2D eigenvalue weighted by molar-refractivity contribution is 5.97. The number of nitrogens with one attached hydrogen (secondary N) is 1. The molecule has 0 spiro atoms. The van der Waals surface area contributed by atoms with Gasteiger partial charge in [-0.2, -0.15) is 0 Å². The van der Waals surface area contributed by atoms with Gasteiger partial charge >= 0.3 is 0 Å². The molecule has 2 N–H and O–H groups in total. The summed E-state index contributed by atoms with van der Waals surface area (Å²) in [5, 5.41) is 12.5. The Morgan fingerprint density at radius 3 is 3.00 bits per heavy atom. The van der Waals surface area contributed by atoms with Crippen LogP contribution in [0.25, 0.3) is 0 Å². The zero-order valence-corrected chi connectivity index (χ0v) is 11.3. The predicted octanol–water partition coefficient (Wildman–Crippen LogP) is 0.771. The fourth-order valence-electron chi connectivity index (χ4n) is 2.28. The molecule has 2 unspecified atom stereocenters. The van der Waals surface area contributed by atoms with Crippen molar-refractivity contribution >= 4 is 11.6 Å². The van der Waals surface area contributed by atoms with Gasteiger partial charge in [0.05, 0.1) is 13.7 Å². The average molecular weight is 264 g/mol. The number of rotatable bonds is 3. The normalized spacial score (nSPS) is 24.2. The highest BCUT2D eigenvalue weighted by Crippen LogP contribution is 2.23. The Morgan fingerprint density at radius 2 is 2.32 bits per heavy atom. The zero-order chi connectivity index (χ0) is 13.8. The molecule has 0 aromatic heterocycles. The van der Waals surface area contributed by atoms with Crippen LogP contribution in [0.3, 0.4) is 0 Å². The first-order chi connectivity index (χ1) is 9.15. The number of aliphatic hydroxyl groups is 1. The third kappa shape index (κ3) is 3.05. The van der Waals surface area contributed by atoms with E-state index in [0.717, 1.165) is 17.9 Å². The first-order valence-corrected chi connectivity index (χ1v) is 6.48. The summed E-state index contributed by atoms with van der Waals surface area (Å²) < 4.78 is 5.18. The Morgan fingerprint density at radius 1 is 1.53 bits per heavy atom. The van der Waals surface area contributed by atoms with Crippen LogP contribution in [-0.2, 0) is 4.79 Å². The summed E-state index contributed by atoms with van der Waals surface area (Å²) in [5.41, 5.74) is 0.804. The van der Waals surface area contributed by atoms with E-state index in [-0.39, 0.29) is 18.6 Å². The molecule has 0 bridgehead atoms. The highest BCUT2D eigenvalue weighted by atomic mass is 16.5. The molecular formula is C14H20N2O3. The number of hydrogen-bond acceptors (Lipinski definition) is 4. The van der Waals surface area contributed by atoms with Crippen molar-refractivity contribution in [3.8, 4) is 5.75 Å². The first-order valence-electron chi connectivity index (χ1n) is 6.48. The molecule has 0 aliphatic carbocycles. The molecule has 1 aromatic carbocycles. The molecule has 1 fully saturated rings. The molecule has 5 nitrogen and oxygen atoms in total. The van der Waals surface area contributed by atoms with Crippen LogP contribution in [0.5, 0.6) is 5.75 Å². The minimum atomic E-state index is -0.538. The molecule has 0 radical (unpaired) electrons. The van der Waals surface area contributed by atoms with Crippen LogP contribution >= 0.6 is 0 Å². The Bertz CT molecular complexity index is 450. The van der Waals surface area contributed by atoms with Gasteiger partial charge < -0.3 is 20.1 Å². The third-order valence-corrected chi connectivity index (χ3v) is 3.38. The summed E-state index contributed by atoms with van der Waals surface area (Å²) >= 11 is 0. The molecule has 1 amide bonds. The van der Waals surface area contributed by atoms with Crippen molar-refractivity contribution in [1.82, 2.24) is 5.32 Å². The van der Waals surface area contributed by atoms with E-state index in [1.54, 1.807) is 12.0 Å². The van der Waals surface area contributed by atoms with Crippen LogP contribution in [0.1, 0.15) is 13.3 Å². The smallest absolute Gasteiger partial charge is 0.246 e. The summed E-state index contributed by atoms with van der Waals surface area (Å²) in [6, 6.07) is 7.08. The lowest BCUT2D eigenvalue weighted by Crippen LogP contribution is -2.47. The van der Waals surface area contributed by atoms with Crippen LogP contribution in [-0.4, -0.2) is 43.4 Å². The van der Waals surface area contributed by atoms with Crippen LogP contribution in [0.4, 0.5) is 5.69 Å². The number of benzene rings is 1. The minimum Gasteiger partial charge on any atom is -0.497 e. The summed E-state index contributed by atoms with van der Waals surface area (Å²) in [5.74, 6) is 0.621. The van der Waals surface area contributed by atoms with E-state index >= 15 is 0 Å². The number of nitrogens with zero attached hydrogens (tertiary/aromatic N) is 1. The van der Waals surface area contributed by atoms with Crippen molar-refractivity contribution in [3.63, 3.8) is 0 Å². The highest BCUT2D eigenvalue weighted by Gasteiger charge is 2.29. The van der Waals surface area contributed by atoms with Gasteiger partial charge in [0.15, 0.2) is 0 Å². The lowest BCUT2D eigenvalue weighted by Gasteiger charge is -2.23. The van der Waals surface area contributed by atoms with Gasteiger partial charge in [0.25, 0.3) is 0 Å². The van der Waals surface area contributed by atoms with Crippen LogP contribution in [0, 0.1) is 0 Å². The van der Waals surface area contributed by atoms with E-state index in [0.29, 0.717) is 6.54 Å². The molecule has 0 saturated carbocycles. The standard InChI is InChI=1S/C14H20N2O3/c1-10-6-7-16(14(18)13(9-17)15-10)11-4-3-5-12(8-11)19-2/h3-5,8,10,13,15,17H,6-7,9H2,1-2H3. The van der Waals surface area contributed by atoms with E-state index in [1.807, 2.05) is 31.2 Å². The monoisotopic (exact) mass is 264 g/mol. The van der Waals surface area contributed by atoms with E-state index in [4.69, 9.17) is 4.74 Å². The first kappa shape index (κ1) is 13.8. The molecule has 1 heterocycles. The van der Waals surface area contributed by atoms with Crippen molar-refractivity contribution in [2.24, 2.45) is 0 Å². The Kier molecular flexibility index (Phi) is 4.39. The maximum Gasteiger partial charge on any atom is 0.246 e. The maximum absolute atomic E-state index is 12.4. The molecule has 2 atom stereocenters. The molecule has 1 saturated heterocycles. The second-order valence-corrected chi connectivity index (χ2v) is 4.78. The van der Waals surface area contributed by atoms with Gasteiger partial charge in [-0.1, -0.05) is 6.07 Å². The Labute approximate surface area is 113 Å². The summed E-state index contributed by atoms with van der Waals surface area (Å²) in [7, 11) is 1.60. The molecule has 5 heteroatoms. The topological polar surface area (TPSA) is 61.8 Å². The maximum atomic E-state index is 12.4. The molecule has 1 aliphatic heterocycles. The van der Waals surface area contributed by atoms with Gasteiger partial charge in [0.1, 0.15) is 11.8 Å². The van der Waals surface area contributed by atoms with E-state index in [9.17, 15) is 9.90 Å². The van der Waals surface area contributed by atoms with Crippen molar-refractivity contribution in [3.05, 3.63) is 24.3 Å². The van der Waals surface area contributed by atoms with Crippen molar-refractivity contribution < 1.29 is 14.6 Å². The van der Waals surface area contributed by atoms with Gasteiger partial charge in [-0.25, -0.2) is 0 Å². The van der Waals surface area contributed by atoms with Gasteiger partial charge in [-0.15, -0.1) is 0 Å². The summed E-state index contributed by atoms with van der Waals surface area (Å²) in [6.07, 6.45) is 0.847. The molecule has 104 valence electrons. The second-order valence-electron chi connectivity index (χ2n) is 4.78.